The second-order valence-corrected chi connectivity index (χ2v) is 4.73. The maximum absolute atomic E-state index is 5.83. The topological polar surface area (TPSA) is 29.3 Å². The van der Waals surface area contributed by atoms with Crippen LogP contribution in [0.25, 0.3) is 0 Å². The monoisotopic (exact) mass is 204 g/mol. The van der Waals surface area contributed by atoms with Crippen LogP contribution in [0.4, 0.5) is 0 Å². The van der Waals surface area contributed by atoms with Crippen LogP contribution >= 0.6 is 0 Å². The van der Waals surface area contributed by atoms with Crippen molar-refractivity contribution in [3.63, 3.8) is 0 Å². The normalized spacial score (nSPS) is 27.1. The van der Waals surface area contributed by atoms with Crippen LogP contribution in [0.3, 0.4) is 0 Å². The minimum Gasteiger partial charge on any atom is -0.330 e. The Balaban J connectivity index is 2.19. The van der Waals surface area contributed by atoms with E-state index < -0.39 is 0 Å². The zero-order chi connectivity index (χ0) is 10.8. The molecule has 0 aromatic heterocycles. The highest BCUT2D eigenvalue weighted by molar-refractivity contribution is 5.26. The molecule has 0 amide bonds. The van der Waals surface area contributed by atoms with Crippen molar-refractivity contribution in [2.45, 2.75) is 12.8 Å². The number of hydrogen-bond acceptors (Lipinski definition) is 2. The average Bonchev–Trinajstić information content (AvgIpc) is 2.61. The fourth-order valence-electron chi connectivity index (χ4n) is 2.52. The summed E-state index contributed by atoms with van der Waals surface area (Å²) in [6.45, 7) is 5.20. The van der Waals surface area contributed by atoms with Crippen molar-refractivity contribution in [3.8, 4) is 0 Å². The van der Waals surface area contributed by atoms with Crippen molar-refractivity contribution in [2.24, 2.45) is 11.7 Å². The largest absolute Gasteiger partial charge is 0.330 e. The highest BCUT2D eigenvalue weighted by Crippen LogP contribution is 2.31. The van der Waals surface area contributed by atoms with E-state index >= 15 is 0 Å². The molecule has 2 N–H and O–H groups in total. The fraction of sp³-hybridized carbons (Fsp3) is 0.538. The van der Waals surface area contributed by atoms with Crippen molar-refractivity contribution >= 4 is 0 Å². The van der Waals surface area contributed by atoms with Gasteiger partial charge in [0.25, 0.3) is 0 Å². The van der Waals surface area contributed by atoms with Gasteiger partial charge in [-0.25, -0.2) is 0 Å². The van der Waals surface area contributed by atoms with E-state index in [4.69, 9.17) is 5.73 Å². The lowest BCUT2D eigenvalue weighted by atomic mass is 9.89. The van der Waals surface area contributed by atoms with Gasteiger partial charge in [-0.1, -0.05) is 29.8 Å². The molecule has 1 aliphatic heterocycles. The summed E-state index contributed by atoms with van der Waals surface area (Å²) in [4.78, 5) is 2.38. The smallest absolute Gasteiger partial charge is 0.00510 e. The van der Waals surface area contributed by atoms with Crippen LogP contribution in [0.2, 0.25) is 0 Å². The Morgan fingerprint density at radius 1 is 1.27 bits per heavy atom. The summed E-state index contributed by atoms with van der Waals surface area (Å²) in [6.07, 6.45) is 0. The fourth-order valence-corrected chi connectivity index (χ4v) is 2.52. The molecule has 0 unspecified atom stereocenters. The predicted octanol–water partition coefficient (Wildman–Crippen LogP) is 1.60. The molecule has 2 atom stereocenters. The first-order chi connectivity index (χ1) is 7.20. The van der Waals surface area contributed by atoms with Crippen molar-refractivity contribution in [2.75, 3.05) is 26.7 Å². The molecule has 2 heteroatoms. The number of benzene rings is 1. The number of rotatable bonds is 2. The van der Waals surface area contributed by atoms with Gasteiger partial charge in [0.2, 0.25) is 0 Å². The number of hydrogen-bond donors (Lipinski definition) is 1. The van der Waals surface area contributed by atoms with Crippen molar-refractivity contribution in [1.29, 1.82) is 0 Å². The van der Waals surface area contributed by atoms with Gasteiger partial charge >= 0.3 is 0 Å². The molecule has 82 valence electrons. The van der Waals surface area contributed by atoms with E-state index in [2.05, 4.69) is 43.1 Å². The first-order valence-corrected chi connectivity index (χ1v) is 5.66. The van der Waals surface area contributed by atoms with Gasteiger partial charge in [0, 0.05) is 19.0 Å². The van der Waals surface area contributed by atoms with E-state index in [1.807, 2.05) is 0 Å². The highest BCUT2D eigenvalue weighted by Gasteiger charge is 2.30. The van der Waals surface area contributed by atoms with Gasteiger partial charge in [0.1, 0.15) is 0 Å². The summed E-state index contributed by atoms with van der Waals surface area (Å²) in [7, 11) is 2.18. The van der Waals surface area contributed by atoms with E-state index in [0.29, 0.717) is 11.8 Å². The lowest BCUT2D eigenvalue weighted by Crippen LogP contribution is -2.21. The van der Waals surface area contributed by atoms with Crippen molar-refractivity contribution in [3.05, 3.63) is 35.4 Å². The quantitative estimate of drug-likeness (QED) is 0.793. The Bertz CT molecular complexity index is 318. The van der Waals surface area contributed by atoms with Crippen LogP contribution in [-0.4, -0.2) is 31.6 Å². The maximum atomic E-state index is 5.83. The summed E-state index contributed by atoms with van der Waals surface area (Å²) in [5.74, 6) is 1.25. The second kappa shape index (κ2) is 4.33. The second-order valence-electron chi connectivity index (χ2n) is 4.73. The molecule has 0 radical (unpaired) electrons. The van der Waals surface area contributed by atoms with Crippen LogP contribution < -0.4 is 5.73 Å². The van der Waals surface area contributed by atoms with Gasteiger partial charge in [-0.05, 0) is 32.0 Å². The molecule has 0 spiro atoms. The number of aryl methyl sites for hydroxylation is 1. The van der Waals surface area contributed by atoms with Crippen LogP contribution in [0.15, 0.2) is 24.3 Å². The van der Waals surface area contributed by atoms with Crippen LogP contribution in [0.5, 0.6) is 0 Å². The van der Waals surface area contributed by atoms with Crippen molar-refractivity contribution in [1.82, 2.24) is 4.90 Å². The number of nitrogens with two attached hydrogens (primary N) is 1. The lowest BCUT2D eigenvalue weighted by molar-refractivity contribution is 0.397. The summed E-state index contributed by atoms with van der Waals surface area (Å²) in [6, 6.07) is 8.89. The Labute approximate surface area is 92.1 Å². The molecular weight excluding hydrogens is 184 g/mol. The molecule has 1 heterocycles. The van der Waals surface area contributed by atoms with E-state index in [1.165, 1.54) is 11.1 Å². The first-order valence-electron chi connectivity index (χ1n) is 5.66. The zero-order valence-electron chi connectivity index (χ0n) is 9.61. The molecule has 0 saturated carbocycles. The summed E-state index contributed by atoms with van der Waals surface area (Å²) < 4.78 is 0. The van der Waals surface area contributed by atoms with E-state index in [9.17, 15) is 0 Å². The Morgan fingerprint density at radius 2 is 1.93 bits per heavy atom. The van der Waals surface area contributed by atoms with E-state index in [-0.39, 0.29) is 0 Å². The Kier molecular flexibility index (Phi) is 3.08. The number of likely N-dealkylation sites (tertiary alicyclic amines) is 1. The van der Waals surface area contributed by atoms with Crippen molar-refractivity contribution < 1.29 is 0 Å². The lowest BCUT2D eigenvalue weighted by Gasteiger charge is -2.17. The molecule has 2 nitrogen and oxygen atoms in total. The summed E-state index contributed by atoms with van der Waals surface area (Å²) >= 11 is 0. The number of likely N-dealkylation sites (N-methyl/N-ethyl adjacent to an activating group) is 1. The van der Waals surface area contributed by atoms with E-state index in [1.54, 1.807) is 0 Å². The predicted molar refractivity (Wildman–Crippen MR) is 64.0 cm³/mol. The molecular formula is C13H20N2. The third kappa shape index (κ3) is 2.21. The molecule has 1 aromatic carbocycles. The summed E-state index contributed by atoms with van der Waals surface area (Å²) in [5, 5.41) is 0. The van der Waals surface area contributed by atoms with Crippen LogP contribution in [0.1, 0.15) is 17.0 Å². The Hall–Kier alpha value is -0.860. The van der Waals surface area contributed by atoms with Crippen LogP contribution in [0, 0.1) is 12.8 Å². The average molecular weight is 204 g/mol. The Morgan fingerprint density at radius 3 is 2.53 bits per heavy atom. The molecule has 15 heavy (non-hydrogen) atoms. The third-order valence-electron chi connectivity index (χ3n) is 3.43. The minimum atomic E-state index is 0.623. The van der Waals surface area contributed by atoms with Gasteiger partial charge in [0.05, 0.1) is 0 Å². The molecule has 1 saturated heterocycles. The van der Waals surface area contributed by atoms with Gasteiger partial charge in [-0.3, -0.25) is 0 Å². The highest BCUT2D eigenvalue weighted by atomic mass is 15.1. The first kappa shape index (κ1) is 10.7. The molecule has 1 fully saturated rings. The van der Waals surface area contributed by atoms with Gasteiger partial charge in [-0.2, -0.15) is 0 Å². The van der Waals surface area contributed by atoms with Gasteiger partial charge in [0.15, 0.2) is 0 Å². The molecule has 2 rings (SSSR count). The SMILES string of the molecule is Cc1ccc([C@@H]2CN(C)C[C@H]2CN)cc1. The van der Waals surface area contributed by atoms with Gasteiger partial charge in [-0.15, -0.1) is 0 Å². The summed E-state index contributed by atoms with van der Waals surface area (Å²) in [5.41, 5.74) is 8.60. The van der Waals surface area contributed by atoms with Crippen LogP contribution in [-0.2, 0) is 0 Å². The maximum Gasteiger partial charge on any atom is 0.00510 e. The van der Waals surface area contributed by atoms with E-state index in [0.717, 1.165) is 19.6 Å². The molecule has 0 bridgehead atoms. The zero-order valence-corrected chi connectivity index (χ0v) is 9.61. The number of nitrogens with zero attached hydrogens (tertiary/aromatic N) is 1. The standard InChI is InChI=1S/C13H20N2/c1-10-3-5-11(6-4-10)13-9-15(2)8-12(13)7-14/h3-6,12-13H,7-9,14H2,1-2H3/t12-,13+/m1/s1. The third-order valence-corrected chi connectivity index (χ3v) is 3.43. The van der Waals surface area contributed by atoms with Gasteiger partial charge < -0.3 is 10.6 Å². The molecule has 1 aliphatic rings. The minimum absolute atomic E-state index is 0.623. The molecule has 0 aliphatic carbocycles. The molecule has 1 aromatic rings.